The third kappa shape index (κ3) is 3.44. The van der Waals surface area contributed by atoms with Crippen LogP contribution < -0.4 is 10.2 Å². The van der Waals surface area contributed by atoms with Crippen LogP contribution in [0.25, 0.3) is 22.3 Å². The van der Waals surface area contributed by atoms with Crippen LogP contribution in [-0.2, 0) is 0 Å². The zero-order valence-corrected chi connectivity index (χ0v) is 14.5. The molecule has 0 amide bonds. The first kappa shape index (κ1) is 17.7. The van der Waals surface area contributed by atoms with E-state index in [-0.39, 0.29) is 28.2 Å². The Morgan fingerprint density at radius 2 is 1.77 bits per heavy atom. The second-order valence-corrected chi connectivity index (χ2v) is 6.50. The summed E-state index contributed by atoms with van der Waals surface area (Å²) in [6.45, 7) is 4.62. The van der Waals surface area contributed by atoms with E-state index in [0.29, 0.717) is 23.8 Å². The lowest BCUT2D eigenvalue weighted by molar-refractivity contribution is 0.288. The highest BCUT2D eigenvalue weighted by molar-refractivity contribution is 5.88. The molecule has 0 saturated heterocycles. The van der Waals surface area contributed by atoms with Crippen molar-refractivity contribution in [2.75, 3.05) is 6.61 Å². The summed E-state index contributed by atoms with van der Waals surface area (Å²) in [6, 6.07) is 8.72. The van der Waals surface area contributed by atoms with Gasteiger partial charge in [-0.25, -0.2) is 0 Å². The summed E-state index contributed by atoms with van der Waals surface area (Å²) in [6.07, 6.45) is 0.844. The lowest BCUT2D eigenvalue weighted by Crippen LogP contribution is -2.05. The predicted octanol–water partition coefficient (Wildman–Crippen LogP) is 4.00. The van der Waals surface area contributed by atoms with Gasteiger partial charge in [-0.05, 0) is 36.6 Å². The summed E-state index contributed by atoms with van der Waals surface area (Å²) >= 11 is 0. The molecule has 0 spiro atoms. The molecule has 0 aliphatic carbocycles. The van der Waals surface area contributed by atoms with Gasteiger partial charge in [-0.15, -0.1) is 0 Å². The van der Waals surface area contributed by atoms with Crippen LogP contribution >= 0.6 is 0 Å². The van der Waals surface area contributed by atoms with Gasteiger partial charge in [0.1, 0.15) is 28.2 Å². The molecule has 6 heteroatoms. The van der Waals surface area contributed by atoms with Crippen molar-refractivity contribution < 1.29 is 24.5 Å². The Bertz CT molecular complexity index is 986. The first-order valence-corrected chi connectivity index (χ1v) is 8.32. The second kappa shape index (κ2) is 7.00. The largest absolute Gasteiger partial charge is 0.508 e. The molecular formula is C20H20O6. The van der Waals surface area contributed by atoms with Crippen molar-refractivity contribution in [1.82, 2.24) is 0 Å². The van der Waals surface area contributed by atoms with Crippen LogP contribution in [0.1, 0.15) is 20.3 Å². The Labute approximate surface area is 149 Å². The molecule has 3 aromatic rings. The van der Waals surface area contributed by atoms with Crippen LogP contribution in [0.2, 0.25) is 0 Å². The van der Waals surface area contributed by atoms with Crippen molar-refractivity contribution in [3.05, 3.63) is 46.6 Å². The fraction of sp³-hybridized carbons (Fsp3) is 0.250. The smallest absolute Gasteiger partial charge is 0.238 e. The third-order valence-corrected chi connectivity index (χ3v) is 4.02. The van der Waals surface area contributed by atoms with Crippen molar-refractivity contribution >= 4 is 11.0 Å². The monoisotopic (exact) mass is 356 g/mol. The average Bonchev–Trinajstić information content (AvgIpc) is 2.58. The van der Waals surface area contributed by atoms with Gasteiger partial charge in [-0.1, -0.05) is 13.8 Å². The normalized spacial score (nSPS) is 11.2. The molecule has 3 N–H and O–H groups in total. The molecule has 0 radical (unpaired) electrons. The quantitative estimate of drug-likeness (QED) is 0.639. The van der Waals surface area contributed by atoms with Crippen molar-refractivity contribution in [3.63, 3.8) is 0 Å². The number of fused-ring (bicyclic) bond motifs is 1. The lowest BCUT2D eigenvalue weighted by Gasteiger charge is -2.11. The highest BCUT2D eigenvalue weighted by atomic mass is 16.5. The highest BCUT2D eigenvalue weighted by Gasteiger charge is 2.19. The summed E-state index contributed by atoms with van der Waals surface area (Å²) in [5.41, 5.74) is -0.208. The Kier molecular flexibility index (Phi) is 4.75. The van der Waals surface area contributed by atoms with E-state index in [0.717, 1.165) is 6.42 Å². The minimum atomic E-state index is -0.736. The van der Waals surface area contributed by atoms with Crippen LogP contribution in [0.5, 0.6) is 23.0 Å². The molecule has 0 atom stereocenters. The van der Waals surface area contributed by atoms with Crippen molar-refractivity contribution in [1.29, 1.82) is 0 Å². The molecule has 0 unspecified atom stereocenters. The minimum absolute atomic E-state index is 0.0405. The maximum absolute atomic E-state index is 12.5. The van der Waals surface area contributed by atoms with E-state index >= 15 is 0 Å². The number of benzene rings is 2. The number of hydrogen-bond donors (Lipinski definition) is 3. The van der Waals surface area contributed by atoms with Crippen molar-refractivity contribution in [3.8, 4) is 34.3 Å². The maximum Gasteiger partial charge on any atom is 0.238 e. The molecule has 2 aromatic carbocycles. The highest BCUT2D eigenvalue weighted by Crippen LogP contribution is 2.35. The molecule has 1 heterocycles. The summed E-state index contributed by atoms with van der Waals surface area (Å²) in [5.74, 6) is -0.0624. The Hall–Kier alpha value is -3.15. The van der Waals surface area contributed by atoms with Gasteiger partial charge in [0, 0.05) is 17.7 Å². The molecule has 0 bridgehead atoms. The van der Waals surface area contributed by atoms with E-state index in [4.69, 9.17) is 9.15 Å². The zero-order valence-electron chi connectivity index (χ0n) is 14.5. The van der Waals surface area contributed by atoms with Crippen LogP contribution in [-0.4, -0.2) is 21.9 Å². The Balaban J connectivity index is 2.09. The fourth-order valence-corrected chi connectivity index (χ4v) is 2.57. The first-order valence-electron chi connectivity index (χ1n) is 8.32. The SMILES string of the molecule is CC(C)CCOc1cc(O)c2c(=O)c(O)c(-c3ccc(O)cc3)oc2c1. The van der Waals surface area contributed by atoms with Crippen molar-refractivity contribution in [2.45, 2.75) is 20.3 Å². The van der Waals surface area contributed by atoms with Gasteiger partial charge in [0.25, 0.3) is 0 Å². The van der Waals surface area contributed by atoms with Gasteiger partial charge in [0.2, 0.25) is 11.2 Å². The lowest BCUT2D eigenvalue weighted by atomic mass is 10.1. The second-order valence-electron chi connectivity index (χ2n) is 6.50. The number of hydrogen-bond acceptors (Lipinski definition) is 6. The number of rotatable bonds is 5. The molecule has 0 saturated carbocycles. The predicted molar refractivity (Wildman–Crippen MR) is 97.9 cm³/mol. The Morgan fingerprint density at radius 1 is 1.08 bits per heavy atom. The number of ether oxygens (including phenoxy) is 1. The van der Waals surface area contributed by atoms with E-state index in [1.807, 2.05) is 0 Å². The van der Waals surface area contributed by atoms with E-state index in [1.54, 1.807) is 0 Å². The van der Waals surface area contributed by atoms with Gasteiger partial charge in [0.05, 0.1) is 6.61 Å². The van der Waals surface area contributed by atoms with Crippen LogP contribution in [0.3, 0.4) is 0 Å². The number of phenols is 2. The third-order valence-electron chi connectivity index (χ3n) is 4.02. The van der Waals surface area contributed by atoms with E-state index in [9.17, 15) is 20.1 Å². The molecule has 0 fully saturated rings. The summed E-state index contributed by atoms with van der Waals surface area (Å²) in [7, 11) is 0. The molecule has 0 aliphatic heterocycles. The molecule has 6 nitrogen and oxygen atoms in total. The van der Waals surface area contributed by atoms with E-state index in [1.165, 1.54) is 36.4 Å². The topological polar surface area (TPSA) is 100 Å². The van der Waals surface area contributed by atoms with Crippen LogP contribution in [0, 0.1) is 5.92 Å². The van der Waals surface area contributed by atoms with Gasteiger partial charge >= 0.3 is 0 Å². The maximum atomic E-state index is 12.5. The summed E-state index contributed by atoms with van der Waals surface area (Å²) in [5, 5.41) is 29.7. The number of phenolic OH excluding ortho intramolecular Hbond substituents is 2. The van der Waals surface area contributed by atoms with Crippen LogP contribution in [0.4, 0.5) is 0 Å². The van der Waals surface area contributed by atoms with Gasteiger partial charge in [-0.3, -0.25) is 4.79 Å². The first-order chi connectivity index (χ1) is 12.4. The zero-order chi connectivity index (χ0) is 18.8. The van der Waals surface area contributed by atoms with Gasteiger partial charge in [-0.2, -0.15) is 0 Å². The average molecular weight is 356 g/mol. The molecule has 3 rings (SSSR count). The number of aromatic hydroxyl groups is 3. The summed E-state index contributed by atoms with van der Waals surface area (Å²) < 4.78 is 11.3. The fourth-order valence-electron chi connectivity index (χ4n) is 2.57. The minimum Gasteiger partial charge on any atom is -0.508 e. The summed E-state index contributed by atoms with van der Waals surface area (Å²) in [4.78, 5) is 12.5. The van der Waals surface area contributed by atoms with Crippen molar-refractivity contribution in [2.24, 2.45) is 5.92 Å². The molecular weight excluding hydrogens is 336 g/mol. The van der Waals surface area contributed by atoms with E-state index < -0.39 is 11.2 Å². The molecule has 26 heavy (non-hydrogen) atoms. The van der Waals surface area contributed by atoms with Gasteiger partial charge < -0.3 is 24.5 Å². The standard InChI is InChI=1S/C20H20O6/c1-11(2)7-8-25-14-9-15(22)17-16(10-14)26-20(19(24)18(17)23)12-3-5-13(21)6-4-12/h3-6,9-11,21-22,24H,7-8H2,1-2H3. The Morgan fingerprint density at radius 3 is 2.42 bits per heavy atom. The van der Waals surface area contributed by atoms with Crippen LogP contribution in [0.15, 0.2) is 45.6 Å². The molecule has 0 aliphatic rings. The van der Waals surface area contributed by atoms with E-state index in [2.05, 4.69) is 13.8 Å². The van der Waals surface area contributed by atoms with Gasteiger partial charge in [0.15, 0.2) is 5.76 Å². The molecule has 136 valence electrons. The molecule has 1 aromatic heterocycles.